The first kappa shape index (κ1) is 20.0. The Hall–Kier alpha value is -3.34. The van der Waals surface area contributed by atoms with Gasteiger partial charge in [0.2, 0.25) is 0 Å². The van der Waals surface area contributed by atoms with Crippen molar-refractivity contribution in [3.05, 3.63) is 89.5 Å². The van der Waals surface area contributed by atoms with Gasteiger partial charge in [-0.05, 0) is 60.9 Å². The van der Waals surface area contributed by atoms with Crippen LogP contribution in [0.3, 0.4) is 0 Å². The third-order valence-electron chi connectivity index (χ3n) is 5.10. The molecule has 4 nitrogen and oxygen atoms in total. The fraction of sp³-hybridized carbons (Fsp3) is 0.240. The van der Waals surface area contributed by atoms with Gasteiger partial charge in [0.25, 0.3) is 0 Å². The number of nitrogens with one attached hydrogen (secondary N) is 1. The number of hydrogen-bond acceptors (Lipinski definition) is 3. The molecular weight excluding hydrogens is 379 g/mol. The van der Waals surface area contributed by atoms with E-state index in [9.17, 15) is 4.39 Å². The van der Waals surface area contributed by atoms with Crippen molar-refractivity contribution >= 4 is 11.0 Å². The van der Waals surface area contributed by atoms with Crippen molar-refractivity contribution in [2.24, 2.45) is 0 Å². The van der Waals surface area contributed by atoms with Crippen LogP contribution >= 0.6 is 0 Å². The maximum absolute atomic E-state index is 13.3. The first-order valence-corrected chi connectivity index (χ1v) is 10.3. The predicted octanol–water partition coefficient (Wildman–Crippen LogP) is 6.22. The summed E-state index contributed by atoms with van der Waals surface area (Å²) >= 11 is 0. The van der Waals surface area contributed by atoms with E-state index in [2.05, 4.69) is 24.0 Å². The molecule has 4 aromatic rings. The highest BCUT2D eigenvalue weighted by Gasteiger charge is 2.17. The molecule has 1 heterocycles. The summed E-state index contributed by atoms with van der Waals surface area (Å²) in [6.45, 7) is 5.09. The van der Waals surface area contributed by atoms with Gasteiger partial charge in [0.1, 0.15) is 29.7 Å². The molecule has 0 amide bonds. The predicted molar refractivity (Wildman–Crippen MR) is 117 cm³/mol. The molecule has 0 saturated carbocycles. The average molecular weight is 404 g/mol. The molecule has 0 aliphatic carbocycles. The number of nitrogens with zero attached hydrogens (tertiary/aromatic N) is 1. The topological polar surface area (TPSA) is 47.1 Å². The van der Waals surface area contributed by atoms with Crippen molar-refractivity contribution in [3.8, 4) is 11.5 Å². The number of H-pyrrole nitrogens is 1. The summed E-state index contributed by atoms with van der Waals surface area (Å²) in [6, 6.07) is 20.4. The summed E-state index contributed by atoms with van der Waals surface area (Å²) in [4.78, 5) is 8.24. The molecule has 154 valence electrons. The molecule has 0 aliphatic rings. The third-order valence-corrected chi connectivity index (χ3v) is 5.10. The highest BCUT2D eigenvalue weighted by molar-refractivity contribution is 5.77. The first-order chi connectivity index (χ1) is 14.7. The minimum absolute atomic E-state index is 0.158. The number of fused-ring (bicyclic) bond motifs is 1. The normalized spacial score (nSPS) is 12.1. The summed E-state index contributed by atoms with van der Waals surface area (Å²) in [7, 11) is 0. The zero-order valence-electron chi connectivity index (χ0n) is 17.2. The molecule has 4 rings (SSSR count). The van der Waals surface area contributed by atoms with Gasteiger partial charge in [-0.1, -0.05) is 31.2 Å². The van der Waals surface area contributed by atoms with E-state index in [0.717, 1.165) is 40.3 Å². The quantitative estimate of drug-likeness (QED) is 0.379. The maximum atomic E-state index is 13.3. The second-order valence-corrected chi connectivity index (χ2v) is 7.18. The summed E-state index contributed by atoms with van der Waals surface area (Å²) < 4.78 is 24.7. The van der Waals surface area contributed by atoms with Gasteiger partial charge in [0.15, 0.2) is 0 Å². The van der Waals surface area contributed by atoms with Crippen LogP contribution in [-0.4, -0.2) is 16.6 Å². The lowest BCUT2D eigenvalue weighted by Crippen LogP contribution is -2.02. The molecule has 1 N–H and O–H groups in total. The van der Waals surface area contributed by atoms with E-state index in [1.54, 1.807) is 6.07 Å². The van der Waals surface area contributed by atoms with Gasteiger partial charge in [-0.15, -0.1) is 0 Å². The molecule has 30 heavy (non-hydrogen) atoms. The lowest BCUT2D eigenvalue weighted by Gasteiger charge is -2.14. The molecule has 3 aromatic carbocycles. The van der Waals surface area contributed by atoms with Crippen LogP contribution in [0.4, 0.5) is 4.39 Å². The number of halogens is 1. The van der Waals surface area contributed by atoms with Gasteiger partial charge >= 0.3 is 0 Å². The fourth-order valence-corrected chi connectivity index (χ4v) is 3.61. The van der Waals surface area contributed by atoms with Crippen molar-refractivity contribution in [2.75, 3.05) is 6.61 Å². The lowest BCUT2D eigenvalue weighted by molar-refractivity contribution is 0.305. The van der Waals surface area contributed by atoms with Crippen LogP contribution in [0.1, 0.15) is 43.1 Å². The monoisotopic (exact) mass is 404 g/mol. The Morgan fingerprint density at radius 3 is 2.47 bits per heavy atom. The first-order valence-electron chi connectivity index (χ1n) is 10.3. The largest absolute Gasteiger partial charge is 0.494 e. The molecule has 0 bridgehead atoms. The van der Waals surface area contributed by atoms with Crippen LogP contribution in [0, 0.1) is 5.82 Å². The number of hydrogen-bond donors (Lipinski definition) is 1. The van der Waals surface area contributed by atoms with Crippen molar-refractivity contribution in [2.45, 2.75) is 32.8 Å². The van der Waals surface area contributed by atoms with Crippen LogP contribution in [0.2, 0.25) is 0 Å². The van der Waals surface area contributed by atoms with Crippen LogP contribution in [0.15, 0.2) is 66.7 Å². The van der Waals surface area contributed by atoms with Gasteiger partial charge in [0.05, 0.1) is 17.6 Å². The Morgan fingerprint density at radius 1 is 0.933 bits per heavy atom. The number of imidazole rings is 1. The average Bonchev–Trinajstić information content (AvgIpc) is 3.17. The Balaban J connectivity index is 1.49. The van der Waals surface area contributed by atoms with Crippen molar-refractivity contribution in [1.82, 2.24) is 9.97 Å². The highest BCUT2D eigenvalue weighted by atomic mass is 19.1. The van der Waals surface area contributed by atoms with Gasteiger partial charge in [0, 0.05) is 12.0 Å². The van der Waals surface area contributed by atoms with E-state index in [1.807, 2.05) is 43.3 Å². The highest BCUT2D eigenvalue weighted by Crippen LogP contribution is 2.30. The zero-order valence-corrected chi connectivity index (χ0v) is 17.2. The number of ether oxygens (including phenoxy) is 2. The lowest BCUT2D eigenvalue weighted by atomic mass is 9.96. The zero-order chi connectivity index (χ0) is 20.9. The summed E-state index contributed by atoms with van der Waals surface area (Å²) in [5.41, 5.74) is 3.88. The van der Waals surface area contributed by atoms with Gasteiger partial charge in [-0.25, -0.2) is 9.37 Å². The summed E-state index contributed by atoms with van der Waals surface area (Å²) in [5, 5.41) is 0. The number of benzene rings is 3. The summed E-state index contributed by atoms with van der Waals surface area (Å²) in [6.07, 6.45) is 0.918. The van der Waals surface area contributed by atoms with E-state index in [-0.39, 0.29) is 11.7 Å². The van der Waals surface area contributed by atoms with Gasteiger partial charge in [-0.3, -0.25) is 0 Å². The van der Waals surface area contributed by atoms with Crippen molar-refractivity contribution in [3.63, 3.8) is 0 Å². The second kappa shape index (κ2) is 8.99. The second-order valence-electron chi connectivity index (χ2n) is 7.18. The molecule has 0 radical (unpaired) electrons. The number of aromatic nitrogens is 2. The molecule has 1 unspecified atom stereocenters. The maximum Gasteiger partial charge on any atom is 0.123 e. The Labute approximate surface area is 175 Å². The van der Waals surface area contributed by atoms with E-state index in [4.69, 9.17) is 14.5 Å². The fourth-order valence-electron chi connectivity index (χ4n) is 3.61. The standard InChI is InChI=1S/C25H25FN2O2/c1-3-22(25-27-23-13-12-21(29-4-2)15-24(23)28-25)18-8-10-20(11-9-18)30-16-17-6-5-7-19(26)14-17/h5-15,22H,3-4,16H2,1-2H3,(H,27,28). The Morgan fingerprint density at radius 2 is 1.73 bits per heavy atom. The minimum atomic E-state index is -0.253. The van der Waals surface area contributed by atoms with Crippen LogP contribution in [0.25, 0.3) is 11.0 Å². The SMILES string of the molecule is CCOc1ccc2nc(C(CC)c3ccc(OCc4cccc(F)c4)cc3)[nH]c2c1. The minimum Gasteiger partial charge on any atom is -0.494 e. The Bertz CT molecular complexity index is 1120. The van der Waals surface area contributed by atoms with E-state index in [0.29, 0.717) is 13.2 Å². The van der Waals surface area contributed by atoms with Crippen molar-refractivity contribution in [1.29, 1.82) is 0 Å². The van der Waals surface area contributed by atoms with Crippen LogP contribution in [0.5, 0.6) is 11.5 Å². The number of rotatable bonds is 8. The van der Waals surface area contributed by atoms with Gasteiger partial charge < -0.3 is 14.5 Å². The van der Waals surface area contributed by atoms with E-state index < -0.39 is 0 Å². The molecule has 0 spiro atoms. The van der Waals surface area contributed by atoms with Crippen molar-refractivity contribution < 1.29 is 13.9 Å². The number of aromatic amines is 1. The molecule has 0 fully saturated rings. The molecule has 1 aromatic heterocycles. The molecule has 5 heteroatoms. The molecule has 1 atom stereocenters. The third kappa shape index (κ3) is 4.46. The van der Waals surface area contributed by atoms with Crippen LogP contribution in [-0.2, 0) is 6.61 Å². The van der Waals surface area contributed by atoms with Gasteiger partial charge in [-0.2, -0.15) is 0 Å². The molecule has 0 saturated heterocycles. The molecule has 0 aliphatic heterocycles. The van der Waals surface area contributed by atoms with E-state index in [1.165, 1.54) is 17.7 Å². The summed E-state index contributed by atoms with van der Waals surface area (Å²) in [5.74, 6) is 2.44. The smallest absolute Gasteiger partial charge is 0.123 e. The Kier molecular flexibility index (Phi) is 5.98. The van der Waals surface area contributed by atoms with Crippen LogP contribution < -0.4 is 9.47 Å². The van der Waals surface area contributed by atoms with E-state index >= 15 is 0 Å². The molecular formula is C25H25FN2O2.